The van der Waals surface area contributed by atoms with E-state index in [9.17, 15) is 14.4 Å². The van der Waals surface area contributed by atoms with Crippen molar-refractivity contribution in [2.75, 3.05) is 59.0 Å². The van der Waals surface area contributed by atoms with Crippen molar-refractivity contribution in [3.05, 3.63) is 0 Å². The van der Waals surface area contributed by atoms with Crippen molar-refractivity contribution in [1.29, 1.82) is 0 Å². The fraction of sp³-hybridized carbons (Fsp3) is 0.870. The van der Waals surface area contributed by atoms with Gasteiger partial charge in [0.2, 0.25) is 17.7 Å². The van der Waals surface area contributed by atoms with E-state index in [1.54, 1.807) is 4.90 Å². The molecule has 0 aromatic rings. The summed E-state index contributed by atoms with van der Waals surface area (Å²) in [6, 6.07) is 0.503. The summed E-state index contributed by atoms with van der Waals surface area (Å²) in [7, 11) is 0. The number of likely N-dealkylation sites (tertiary alicyclic amines) is 3. The smallest absolute Gasteiger partial charge is 0.242 e. The maximum atomic E-state index is 12.6. The van der Waals surface area contributed by atoms with Crippen LogP contribution in [0.5, 0.6) is 0 Å². The Hall–Kier alpha value is -1.67. The molecule has 0 saturated carbocycles. The lowest BCUT2D eigenvalue weighted by Gasteiger charge is -2.41. The van der Waals surface area contributed by atoms with Crippen LogP contribution in [0.2, 0.25) is 0 Å². The maximum absolute atomic E-state index is 12.6. The van der Waals surface area contributed by atoms with Gasteiger partial charge >= 0.3 is 0 Å². The summed E-state index contributed by atoms with van der Waals surface area (Å²) in [5, 5.41) is 3.18. The molecule has 0 spiro atoms. The molecule has 3 amide bonds. The molecule has 4 aliphatic rings. The number of amides is 3. The molecule has 4 fully saturated rings. The Bertz CT molecular complexity index is 635. The molecule has 0 unspecified atom stereocenters. The number of hydrogen-bond donors (Lipinski definition) is 1. The zero-order chi connectivity index (χ0) is 21.6. The van der Waals surface area contributed by atoms with Gasteiger partial charge in [0.1, 0.15) is 0 Å². The Morgan fingerprint density at radius 3 is 2.29 bits per heavy atom. The normalized spacial score (nSPS) is 25.2. The molecule has 0 atom stereocenters. The predicted octanol–water partition coefficient (Wildman–Crippen LogP) is 0.855. The van der Waals surface area contributed by atoms with Crippen LogP contribution >= 0.6 is 0 Å². The fourth-order valence-electron chi connectivity index (χ4n) is 5.48. The van der Waals surface area contributed by atoms with Crippen LogP contribution in [0.25, 0.3) is 0 Å². The molecular weight excluding hydrogens is 396 g/mol. The summed E-state index contributed by atoms with van der Waals surface area (Å²) in [6.45, 7) is 6.88. The molecule has 4 saturated heterocycles. The zero-order valence-corrected chi connectivity index (χ0v) is 18.7. The first-order valence-corrected chi connectivity index (χ1v) is 12.2. The van der Waals surface area contributed by atoms with E-state index in [0.29, 0.717) is 18.4 Å². The van der Waals surface area contributed by atoms with Crippen molar-refractivity contribution in [2.45, 2.75) is 57.4 Å². The van der Waals surface area contributed by atoms with Crippen LogP contribution in [0.4, 0.5) is 0 Å². The number of nitrogens with one attached hydrogen (secondary N) is 1. The van der Waals surface area contributed by atoms with Gasteiger partial charge in [0.15, 0.2) is 0 Å². The van der Waals surface area contributed by atoms with E-state index in [4.69, 9.17) is 4.74 Å². The topological polar surface area (TPSA) is 82.2 Å². The van der Waals surface area contributed by atoms with Crippen LogP contribution in [0.1, 0.15) is 51.4 Å². The van der Waals surface area contributed by atoms with Crippen molar-refractivity contribution in [3.63, 3.8) is 0 Å². The SMILES string of the molecule is O=C(NCC1CCOCC1)C1CCN(C2CCN(C(=O)CN3CCCC3=O)CC2)CC1. The average molecular weight is 435 g/mol. The van der Waals surface area contributed by atoms with Crippen LogP contribution in [-0.2, 0) is 19.1 Å². The lowest BCUT2D eigenvalue weighted by atomic mass is 9.92. The van der Waals surface area contributed by atoms with E-state index in [-0.39, 0.29) is 30.2 Å². The number of nitrogens with zero attached hydrogens (tertiary/aromatic N) is 3. The molecule has 0 aromatic carbocycles. The van der Waals surface area contributed by atoms with E-state index in [0.717, 1.165) is 97.4 Å². The fourth-order valence-corrected chi connectivity index (χ4v) is 5.48. The Morgan fingerprint density at radius 1 is 0.935 bits per heavy atom. The second-order valence-corrected chi connectivity index (χ2v) is 9.64. The molecule has 4 rings (SSSR count). The molecule has 4 aliphatic heterocycles. The number of carbonyl (C=O) groups is 3. The monoisotopic (exact) mass is 434 g/mol. The maximum Gasteiger partial charge on any atom is 0.242 e. The summed E-state index contributed by atoms with van der Waals surface area (Å²) in [6.07, 6.45) is 7.38. The number of hydrogen-bond acceptors (Lipinski definition) is 5. The molecule has 0 bridgehead atoms. The van der Waals surface area contributed by atoms with Gasteiger partial charge in [-0.25, -0.2) is 0 Å². The van der Waals surface area contributed by atoms with Crippen LogP contribution in [0.3, 0.4) is 0 Å². The second-order valence-electron chi connectivity index (χ2n) is 9.64. The van der Waals surface area contributed by atoms with E-state index in [1.165, 1.54) is 0 Å². The van der Waals surface area contributed by atoms with Crippen molar-refractivity contribution in [1.82, 2.24) is 20.0 Å². The van der Waals surface area contributed by atoms with E-state index < -0.39 is 0 Å². The van der Waals surface area contributed by atoms with E-state index >= 15 is 0 Å². The standard InChI is InChI=1S/C23H38N4O4/c28-21-2-1-9-27(21)17-22(29)26-12-5-20(6-13-26)25-10-3-19(4-11-25)23(30)24-16-18-7-14-31-15-8-18/h18-20H,1-17H2,(H,24,30). The lowest BCUT2D eigenvalue weighted by Crippen LogP contribution is -2.51. The molecule has 0 aromatic heterocycles. The summed E-state index contributed by atoms with van der Waals surface area (Å²) >= 11 is 0. The van der Waals surface area contributed by atoms with Gasteiger partial charge in [0, 0.05) is 57.8 Å². The van der Waals surface area contributed by atoms with Crippen molar-refractivity contribution in [2.24, 2.45) is 11.8 Å². The summed E-state index contributed by atoms with van der Waals surface area (Å²) in [4.78, 5) is 43.0. The highest BCUT2D eigenvalue weighted by molar-refractivity contribution is 5.86. The van der Waals surface area contributed by atoms with Gasteiger partial charge in [0.05, 0.1) is 6.54 Å². The number of carbonyl (C=O) groups excluding carboxylic acids is 3. The van der Waals surface area contributed by atoms with Crippen LogP contribution in [-0.4, -0.2) is 97.5 Å². The van der Waals surface area contributed by atoms with E-state index in [1.807, 2.05) is 4.90 Å². The Balaban J connectivity index is 1.13. The molecule has 8 heteroatoms. The number of ether oxygens (including phenoxy) is 1. The van der Waals surface area contributed by atoms with Gasteiger partial charge < -0.3 is 24.8 Å². The first kappa shape index (κ1) is 22.5. The Morgan fingerprint density at radius 2 is 1.65 bits per heavy atom. The molecule has 1 N–H and O–H groups in total. The van der Waals surface area contributed by atoms with Crippen molar-refractivity contribution < 1.29 is 19.1 Å². The third kappa shape index (κ3) is 5.98. The van der Waals surface area contributed by atoms with Gasteiger partial charge in [-0.1, -0.05) is 0 Å². The predicted molar refractivity (Wildman–Crippen MR) is 116 cm³/mol. The Kier molecular flexibility index (Phi) is 7.82. The average Bonchev–Trinajstić information content (AvgIpc) is 3.22. The minimum atomic E-state index is 0.0913. The molecule has 174 valence electrons. The minimum absolute atomic E-state index is 0.0913. The number of rotatable bonds is 6. The highest BCUT2D eigenvalue weighted by Crippen LogP contribution is 2.25. The first-order valence-electron chi connectivity index (χ1n) is 12.2. The van der Waals surface area contributed by atoms with Gasteiger partial charge in [-0.05, 0) is 64.0 Å². The zero-order valence-electron chi connectivity index (χ0n) is 18.7. The third-order valence-electron chi connectivity index (χ3n) is 7.64. The quantitative estimate of drug-likeness (QED) is 0.670. The summed E-state index contributed by atoms with van der Waals surface area (Å²) in [5.74, 6) is 1.13. The van der Waals surface area contributed by atoms with Gasteiger partial charge in [-0.2, -0.15) is 0 Å². The second kappa shape index (κ2) is 10.8. The van der Waals surface area contributed by atoms with Crippen molar-refractivity contribution in [3.8, 4) is 0 Å². The molecule has 0 radical (unpaired) electrons. The third-order valence-corrected chi connectivity index (χ3v) is 7.64. The molecule has 4 heterocycles. The van der Waals surface area contributed by atoms with Crippen molar-refractivity contribution >= 4 is 17.7 Å². The van der Waals surface area contributed by atoms with Gasteiger partial charge in [0.25, 0.3) is 0 Å². The Labute approximate surface area is 185 Å². The lowest BCUT2D eigenvalue weighted by molar-refractivity contribution is -0.139. The van der Waals surface area contributed by atoms with Crippen LogP contribution < -0.4 is 5.32 Å². The number of piperidine rings is 2. The molecule has 31 heavy (non-hydrogen) atoms. The first-order chi connectivity index (χ1) is 15.1. The van der Waals surface area contributed by atoms with Crippen LogP contribution in [0.15, 0.2) is 0 Å². The minimum Gasteiger partial charge on any atom is -0.381 e. The highest BCUT2D eigenvalue weighted by Gasteiger charge is 2.32. The summed E-state index contributed by atoms with van der Waals surface area (Å²) in [5.41, 5.74) is 0. The summed E-state index contributed by atoms with van der Waals surface area (Å²) < 4.78 is 5.39. The van der Waals surface area contributed by atoms with Gasteiger partial charge in [-0.15, -0.1) is 0 Å². The molecular formula is C23H38N4O4. The molecule has 8 nitrogen and oxygen atoms in total. The van der Waals surface area contributed by atoms with E-state index in [2.05, 4.69) is 10.2 Å². The highest BCUT2D eigenvalue weighted by atomic mass is 16.5. The molecule has 0 aliphatic carbocycles. The largest absolute Gasteiger partial charge is 0.381 e. The van der Waals surface area contributed by atoms with Gasteiger partial charge in [-0.3, -0.25) is 14.4 Å². The van der Waals surface area contributed by atoms with Crippen LogP contribution in [0, 0.1) is 11.8 Å².